The van der Waals surface area contributed by atoms with Gasteiger partial charge in [-0.25, -0.2) is 0 Å². The molecule has 1 atom stereocenters. The van der Waals surface area contributed by atoms with Crippen molar-refractivity contribution in [1.29, 1.82) is 0 Å². The predicted molar refractivity (Wildman–Crippen MR) is 82.0 cm³/mol. The zero-order valence-electron chi connectivity index (χ0n) is 10.8. The maximum absolute atomic E-state index is 10.6. The SMILES string of the molecule is Cn1nc(-c2ccccc2)c([C@H](O)c2cccs2)c1Cl. The Labute approximate surface area is 126 Å². The zero-order valence-corrected chi connectivity index (χ0v) is 12.4. The molecule has 3 rings (SSSR count). The Balaban J connectivity index is 2.15. The van der Waals surface area contributed by atoms with E-state index in [4.69, 9.17) is 11.6 Å². The van der Waals surface area contributed by atoms with Crippen molar-refractivity contribution < 1.29 is 5.11 Å². The fourth-order valence-electron chi connectivity index (χ4n) is 2.16. The molecule has 3 nitrogen and oxygen atoms in total. The molecule has 20 heavy (non-hydrogen) atoms. The average Bonchev–Trinajstić information content (AvgIpc) is 3.09. The number of thiophene rings is 1. The summed E-state index contributed by atoms with van der Waals surface area (Å²) in [5.74, 6) is 0. The minimum Gasteiger partial charge on any atom is -0.383 e. The molecule has 2 aromatic heterocycles. The number of aliphatic hydroxyl groups excluding tert-OH is 1. The minimum atomic E-state index is -0.758. The van der Waals surface area contributed by atoms with Crippen LogP contribution in [0.3, 0.4) is 0 Å². The van der Waals surface area contributed by atoms with Crippen molar-refractivity contribution in [2.24, 2.45) is 7.05 Å². The Hall–Kier alpha value is -1.62. The van der Waals surface area contributed by atoms with Crippen LogP contribution in [0.1, 0.15) is 16.5 Å². The standard InChI is InChI=1S/C15H13ClN2OS/c1-18-15(16)12(14(19)11-8-5-9-20-11)13(17-18)10-6-3-2-4-7-10/h2-9,14,19H,1H3/t14-/m1/s1. The van der Waals surface area contributed by atoms with Crippen molar-refractivity contribution in [3.63, 3.8) is 0 Å². The predicted octanol–water partition coefficient (Wildman–Crippen LogP) is 3.88. The second kappa shape index (κ2) is 5.40. The lowest BCUT2D eigenvalue weighted by Crippen LogP contribution is -1.99. The second-order valence-corrected chi connectivity index (χ2v) is 5.80. The summed E-state index contributed by atoms with van der Waals surface area (Å²) >= 11 is 7.82. The van der Waals surface area contributed by atoms with Crippen molar-refractivity contribution >= 4 is 22.9 Å². The molecule has 2 heterocycles. The van der Waals surface area contributed by atoms with Crippen LogP contribution in [0.4, 0.5) is 0 Å². The molecule has 0 aliphatic carbocycles. The van der Waals surface area contributed by atoms with Gasteiger partial charge in [-0.2, -0.15) is 5.10 Å². The highest BCUT2D eigenvalue weighted by Crippen LogP contribution is 2.37. The molecule has 0 bridgehead atoms. The first-order valence-electron chi connectivity index (χ1n) is 6.17. The van der Waals surface area contributed by atoms with Gasteiger partial charge in [0.25, 0.3) is 0 Å². The summed E-state index contributed by atoms with van der Waals surface area (Å²) in [5, 5.41) is 17.4. The average molecular weight is 305 g/mol. The van der Waals surface area contributed by atoms with E-state index in [0.717, 1.165) is 16.1 Å². The fraction of sp³-hybridized carbons (Fsp3) is 0.133. The molecule has 3 aromatic rings. The van der Waals surface area contributed by atoms with Gasteiger partial charge in [0, 0.05) is 17.5 Å². The van der Waals surface area contributed by atoms with E-state index < -0.39 is 6.10 Å². The molecule has 0 unspecified atom stereocenters. The van der Waals surface area contributed by atoms with Crippen LogP contribution < -0.4 is 0 Å². The van der Waals surface area contributed by atoms with Crippen LogP contribution in [-0.4, -0.2) is 14.9 Å². The van der Waals surface area contributed by atoms with E-state index in [0.29, 0.717) is 10.7 Å². The maximum atomic E-state index is 10.6. The number of aryl methyl sites for hydroxylation is 1. The van der Waals surface area contributed by atoms with Gasteiger partial charge in [-0.15, -0.1) is 11.3 Å². The van der Waals surface area contributed by atoms with Gasteiger partial charge in [0.15, 0.2) is 0 Å². The molecule has 102 valence electrons. The van der Waals surface area contributed by atoms with Crippen LogP contribution in [0.15, 0.2) is 47.8 Å². The van der Waals surface area contributed by atoms with E-state index in [-0.39, 0.29) is 0 Å². The Morgan fingerprint density at radius 2 is 1.95 bits per heavy atom. The van der Waals surface area contributed by atoms with Crippen LogP contribution in [0.5, 0.6) is 0 Å². The zero-order chi connectivity index (χ0) is 14.1. The van der Waals surface area contributed by atoms with Crippen molar-refractivity contribution in [3.8, 4) is 11.3 Å². The quantitative estimate of drug-likeness (QED) is 0.797. The van der Waals surface area contributed by atoms with Gasteiger partial charge in [0.05, 0.1) is 5.56 Å². The molecule has 1 aromatic carbocycles. The van der Waals surface area contributed by atoms with Crippen LogP contribution >= 0.6 is 22.9 Å². The van der Waals surface area contributed by atoms with Crippen LogP contribution in [0, 0.1) is 0 Å². The van der Waals surface area contributed by atoms with Gasteiger partial charge in [-0.3, -0.25) is 4.68 Å². The minimum absolute atomic E-state index is 0.463. The number of aliphatic hydroxyl groups is 1. The van der Waals surface area contributed by atoms with Gasteiger partial charge in [-0.05, 0) is 11.4 Å². The van der Waals surface area contributed by atoms with Crippen LogP contribution in [-0.2, 0) is 7.05 Å². The third-order valence-corrected chi connectivity index (χ3v) is 4.52. The van der Waals surface area contributed by atoms with E-state index in [2.05, 4.69) is 5.10 Å². The normalized spacial score (nSPS) is 12.6. The summed E-state index contributed by atoms with van der Waals surface area (Å²) in [7, 11) is 1.78. The summed E-state index contributed by atoms with van der Waals surface area (Å²) in [6, 6.07) is 13.6. The first-order valence-corrected chi connectivity index (χ1v) is 7.43. The lowest BCUT2D eigenvalue weighted by atomic mass is 10.0. The Bertz CT molecular complexity index is 707. The number of hydrogen-bond donors (Lipinski definition) is 1. The molecule has 1 N–H and O–H groups in total. The molecule has 0 amide bonds. The highest BCUT2D eigenvalue weighted by molar-refractivity contribution is 7.10. The second-order valence-electron chi connectivity index (χ2n) is 4.46. The van der Waals surface area contributed by atoms with Crippen molar-refractivity contribution in [1.82, 2.24) is 9.78 Å². The summed E-state index contributed by atoms with van der Waals surface area (Å²) < 4.78 is 1.59. The molecule has 0 radical (unpaired) electrons. The lowest BCUT2D eigenvalue weighted by molar-refractivity contribution is 0.224. The third-order valence-electron chi connectivity index (χ3n) is 3.14. The van der Waals surface area contributed by atoms with Gasteiger partial charge in [-0.1, -0.05) is 48.0 Å². The highest BCUT2D eigenvalue weighted by Gasteiger charge is 2.24. The van der Waals surface area contributed by atoms with E-state index >= 15 is 0 Å². The summed E-state index contributed by atoms with van der Waals surface area (Å²) in [6.07, 6.45) is -0.758. The Kier molecular flexibility index (Phi) is 3.61. The van der Waals surface area contributed by atoms with E-state index in [9.17, 15) is 5.11 Å². The lowest BCUT2D eigenvalue weighted by Gasteiger charge is -2.10. The summed E-state index contributed by atoms with van der Waals surface area (Å²) in [6.45, 7) is 0. The summed E-state index contributed by atoms with van der Waals surface area (Å²) in [4.78, 5) is 0.858. The maximum Gasteiger partial charge on any atom is 0.133 e. The topological polar surface area (TPSA) is 38.0 Å². The van der Waals surface area contributed by atoms with Crippen LogP contribution in [0.25, 0.3) is 11.3 Å². The highest BCUT2D eigenvalue weighted by atomic mass is 35.5. The number of rotatable bonds is 3. The van der Waals surface area contributed by atoms with Gasteiger partial charge in [0.2, 0.25) is 0 Å². The van der Waals surface area contributed by atoms with Gasteiger partial charge >= 0.3 is 0 Å². The molecular formula is C15H13ClN2OS. The molecule has 0 spiro atoms. The fourth-order valence-corrected chi connectivity index (χ4v) is 3.11. The number of benzene rings is 1. The largest absolute Gasteiger partial charge is 0.383 e. The molecule has 5 heteroatoms. The van der Waals surface area contributed by atoms with Crippen molar-refractivity contribution in [2.75, 3.05) is 0 Å². The Morgan fingerprint density at radius 3 is 2.60 bits per heavy atom. The Morgan fingerprint density at radius 1 is 1.20 bits per heavy atom. The van der Waals surface area contributed by atoms with E-state index in [1.54, 1.807) is 11.7 Å². The number of hydrogen-bond acceptors (Lipinski definition) is 3. The number of nitrogens with zero attached hydrogens (tertiary/aromatic N) is 2. The van der Waals surface area contributed by atoms with Crippen molar-refractivity contribution in [3.05, 3.63) is 63.4 Å². The molecule has 0 aliphatic rings. The van der Waals surface area contributed by atoms with E-state index in [1.165, 1.54) is 11.3 Å². The van der Waals surface area contributed by atoms with Crippen LogP contribution in [0.2, 0.25) is 5.15 Å². The molecule has 0 saturated carbocycles. The third kappa shape index (κ3) is 2.26. The smallest absolute Gasteiger partial charge is 0.133 e. The first-order chi connectivity index (χ1) is 9.68. The van der Waals surface area contributed by atoms with Gasteiger partial charge in [0.1, 0.15) is 17.0 Å². The monoisotopic (exact) mass is 304 g/mol. The number of halogens is 1. The summed E-state index contributed by atoms with van der Waals surface area (Å²) in [5.41, 5.74) is 2.32. The first kappa shape index (κ1) is 13.4. The molecule has 0 saturated heterocycles. The molecule has 0 aliphatic heterocycles. The van der Waals surface area contributed by atoms with Gasteiger partial charge < -0.3 is 5.11 Å². The van der Waals surface area contributed by atoms with Crippen molar-refractivity contribution in [2.45, 2.75) is 6.10 Å². The van der Waals surface area contributed by atoms with E-state index in [1.807, 2.05) is 47.8 Å². The molecule has 0 fully saturated rings. The number of aromatic nitrogens is 2. The molecular weight excluding hydrogens is 292 g/mol.